The number of benzene rings is 3. The van der Waals surface area contributed by atoms with Crippen LogP contribution in [-0.2, 0) is 0 Å². The minimum absolute atomic E-state index is 0.289. The number of fused-ring (bicyclic) bond motifs is 1. The Morgan fingerprint density at radius 2 is 1.41 bits per heavy atom. The molecule has 2 aromatic heterocycles. The Labute approximate surface area is 165 Å². The molecule has 5 heteroatoms. The molecular weight excluding hydrogens is 368 g/mol. The second kappa shape index (κ2) is 6.95. The lowest BCUT2D eigenvalue weighted by Crippen LogP contribution is -1.99. The Balaban J connectivity index is 1.68. The first kappa shape index (κ1) is 17.3. The summed E-state index contributed by atoms with van der Waals surface area (Å²) in [6, 6.07) is 26.1. The van der Waals surface area contributed by atoms with E-state index in [9.17, 15) is 8.78 Å². The van der Waals surface area contributed by atoms with Crippen LogP contribution >= 0.6 is 0 Å². The van der Waals surface area contributed by atoms with E-state index in [4.69, 9.17) is 5.10 Å². The lowest BCUT2D eigenvalue weighted by Gasteiger charge is -2.07. The Morgan fingerprint density at radius 3 is 2.21 bits per heavy atom. The van der Waals surface area contributed by atoms with E-state index in [1.807, 2.05) is 53.2 Å². The number of rotatable bonds is 3. The van der Waals surface area contributed by atoms with E-state index in [0.717, 1.165) is 22.3 Å². The van der Waals surface area contributed by atoms with Crippen LogP contribution in [0, 0.1) is 11.6 Å². The molecule has 0 bridgehead atoms. The minimum atomic E-state index is -0.293. The Kier molecular flexibility index (Phi) is 4.13. The van der Waals surface area contributed by atoms with Gasteiger partial charge in [0.15, 0.2) is 0 Å². The number of pyridine rings is 1. The molecule has 0 unspecified atom stereocenters. The van der Waals surface area contributed by atoms with Gasteiger partial charge in [-0.1, -0.05) is 24.3 Å². The molecule has 5 aromatic rings. The first-order valence-corrected chi connectivity index (χ1v) is 9.15. The first-order valence-electron chi connectivity index (χ1n) is 9.15. The second-order valence-electron chi connectivity index (χ2n) is 6.70. The molecule has 3 aromatic carbocycles. The number of halogens is 2. The van der Waals surface area contributed by atoms with E-state index in [-0.39, 0.29) is 11.6 Å². The zero-order valence-corrected chi connectivity index (χ0v) is 15.3. The van der Waals surface area contributed by atoms with Crippen molar-refractivity contribution < 1.29 is 8.78 Å². The fraction of sp³-hybridized carbons (Fsp3) is 0. The summed E-state index contributed by atoms with van der Waals surface area (Å²) in [5.74, 6) is -0.581. The van der Waals surface area contributed by atoms with Gasteiger partial charge in [0.2, 0.25) is 0 Å². The van der Waals surface area contributed by atoms with Crippen LogP contribution in [0.3, 0.4) is 0 Å². The van der Waals surface area contributed by atoms with Gasteiger partial charge in [-0.3, -0.25) is 0 Å². The summed E-state index contributed by atoms with van der Waals surface area (Å²) in [5, 5.41) is 5.49. The van der Waals surface area contributed by atoms with Crippen LogP contribution in [0.1, 0.15) is 0 Å². The molecule has 0 amide bonds. The number of nitrogens with zero attached hydrogens (tertiary/aromatic N) is 3. The van der Waals surface area contributed by atoms with E-state index in [1.165, 1.54) is 24.3 Å². The average molecular weight is 383 g/mol. The van der Waals surface area contributed by atoms with Crippen molar-refractivity contribution in [2.75, 3.05) is 0 Å². The van der Waals surface area contributed by atoms with E-state index in [0.29, 0.717) is 16.9 Å². The molecule has 2 heterocycles. The lowest BCUT2D eigenvalue weighted by molar-refractivity contribution is 0.628. The van der Waals surface area contributed by atoms with E-state index >= 15 is 0 Å². The molecule has 0 aliphatic rings. The second-order valence-corrected chi connectivity index (χ2v) is 6.70. The van der Waals surface area contributed by atoms with Crippen molar-refractivity contribution in [3.05, 3.63) is 103 Å². The summed E-state index contributed by atoms with van der Waals surface area (Å²) >= 11 is 0. The Hall–Kier alpha value is -3.86. The maximum atomic E-state index is 13.5. The third-order valence-corrected chi connectivity index (χ3v) is 4.76. The van der Waals surface area contributed by atoms with Gasteiger partial charge in [0.1, 0.15) is 17.3 Å². The van der Waals surface area contributed by atoms with Crippen molar-refractivity contribution >= 4 is 10.9 Å². The van der Waals surface area contributed by atoms with E-state index in [2.05, 4.69) is 4.98 Å². The Bertz CT molecular complexity index is 1310. The van der Waals surface area contributed by atoms with Gasteiger partial charge < -0.3 is 0 Å². The van der Waals surface area contributed by atoms with Gasteiger partial charge in [0, 0.05) is 10.9 Å². The van der Waals surface area contributed by atoms with Crippen molar-refractivity contribution in [2.45, 2.75) is 0 Å². The lowest BCUT2D eigenvalue weighted by atomic mass is 10.1. The van der Waals surface area contributed by atoms with Gasteiger partial charge in [-0.15, -0.1) is 0 Å². The normalized spacial score (nSPS) is 11.1. The monoisotopic (exact) mass is 383 g/mol. The number of hydrogen-bond acceptors (Lipinski definition) is 2. The molecule has 0 saturated carbocycles. The van der Waals surface area contributed by atoms with Gasteiger partial charge in [-0.25, -0.2) is 18.4 Å². The summed E-state index contributed by atoms with van der Waals surface area (Å²) < 4.78 is 28.7. The molecule has 0 atom stereocenters. The summed E-state index contributed by atoms with van der Waals surface area (Å²) in [5.41, 5.74) is 4.62. The number of hydrogen-bond donors (Lipinski definition) is 0. The standard InChI is InChI=1S/C24H15F2N3/c25-18-9-6-16(7-10-18)24-15-23(28-29(24)20-4-2-1-3-5-20)22-12-8-17-14-19(26)11-13-21(17)27-22/h1-15H. The number of aromatic nitrogens is 3. The molecule has 0 saturated heterocycles. The fourth-order valence-corrected chi connectivity index (χ4v) is 3.34. The molecule has 0 fully saturated rings. The molecule has 0 N–H and O–H groups in total. The molecule has 5 rings (SSSR count). The average Bonchev–Trinajstić information content (AvgIpc) is 3.20. The molecule has 3 nitrogen and oxygen atoms in total. The van der Waals surface area contributed by atoms with Gasteiger partial charge in [-0.2, -0.15) is 5.10 Å². The molecule has 0 aliphatic carbocycles. The first-order chi connectivity index (χ1) is 14.2. The van der Waals surface area contributed by atoms with Crippen molar-refractivity contribution in [3.63, 3.8) is 0 Å². The highest BCUT2D eigenvalue weighted by molar-refractivity contribution is 5.81. The van der Waals surface area contributed by atoms with Crippen LogP contribution in [0.2, 0.25) is 0 Å². The molecule has 140 valence electrons. The van der Waals surface area contributed by atoms with Gasteiger partial charge in [-0.05, 0) is 66.7 Å². The predicted molar refractivity (Wildman–Crippen MR) is 110 cm³/mol. The molecule has 0 spiro atoms. The van der Waals surface area contributed by atoms with E-state index < -0.39 is 0 Å². The minimum Gasteiger partial charge on any atom is -0.246 e. The highest BCUT2D eigenvalue weighted by atomic mass is 19.1. The van der Waals surface area contributed by atoms with Gasteiger partial charge in [0.05, 0.1) is 22.6 Å². The smallest absolute Gasteiger partial charge is 0.123 e. The highest BCUT2D eigenvalue weighted by Crippen LogP contribution is 2.29. The summed E-state index contributed by atoms with van der Waals surface area (Å²) in [6.45, 7) is 0. The maximum absolute atomic E-state index is 13.5. The van der Waals surface area contributed by atoms with Crippen molar-refractivity contribution in [1.82, 2.24) is 14.8 Å². The van der Waals surface area contributed by atoms with Gasteiger partial charge in [0.25, 0.3) is 0 Å². The van der Waals surface area contributed by atoms with Crippen LogP contribution < -0.4 is 0 Å². The SMILES string of the molecule is Fc1ccc(-c2cc(-c3ccc4cc(F)ccc4n3)nn2-c2ccccc2)cc1. The number of para-hydroxylation sites is 1. The fourth-order valence-electron chi connectivity index (χ4n) is 3.34. The van der Waals surface area contributed by atoms with Crippen LogP contribution in [0.15, 0.2) is 91.0 Å². The van der Waals surface area contributed by atoms with Crippen molar-refractivity contribution in [1.29, 1.82) is 0 Å². The van der Waals surface area contributed by atoms with Crippen LogP contribution in [0.4, 0.5) is 8.78 Å². The van der Waals surface area contributed by atoms with E-state index in [1.54, 1.807) is 18.2 Å². The van der Waals surface area contributed by atoms with Crippen LogP contribution in [0.25, 0.3) is 39.2 Å². The third kappa shape index (κ3) is 3.27. The molecule has 0 aliphatic heterocycles. The predicted octanol–water partition coefficient (Wildman–Crippen LogP) is 6.03. The third-order valence-electron chi connectivity index (χ3n) is 4.76. The maximum Gasteiger partial charge on any atom is 0.123 e. The quantitative estimate of drug-likeness (QED) is 0.381. The van der Waals surface area contributed by atoms with Gasteiger partial charge >= 0.3 is 0 Å². The summed E-state index contributed by atoms with van der Waals surface area (Å²) in [7, 11) is 0. The topological polar surface area (TPSA) is 30.7 Å². The molecular formula is C24H15F2N3. The zero-order valence-electron chi connectivity index (χ0n) is 15.3. The zero-order chi connectivity index (χ0) is 19.8. The van der Waals surface area contributed by atoms with Crippen LogP contribution in [-0.4, -0.2) is 14.8 Å². The molecule has 29 heavy (non-hydrogen) atoms. The molecule has 0 radical (unpaired) electrons. The summed E-state index contributed by atoms with van der Waals surface area (Å²) in [6.07, 6.45) is 0. The highest BCUT2D eigenvalue weighted by Gasteiger charge is 2.14. The summed E-state index contributed by atoms with van der Waals surface area (Å²) in [4.78, 5) is 4.64. The van der Waals surface area contributed by atoms with Crippen LogP contribution in [0.5, 0.6) is 0 Å². The van der Waals surface area contributed by atoms with Crippen molar-refractivity contribution in [3.8, 4) is 28.3 Å². The van der Waals surface area contributed by atoms with Crippen molar-refractivity contribution in [2.24, 2.45) is 0 Å². The Morgan fingerprint density at radius 1 is 0.655 bits per heavy atom. The largest absolute Gasteiger partial charge is 0.246 e.